The lowest BCUT2D eigenvalue weighted by Crippen LogP contribution is -2.44. The van der Waals surface area contributed by atoms with Crippen molar-refractivity contribution in [2.75, 3.05) is 19.6 Å². The van der Waals surface area contributed by atoms with E-state index in [2.05, 4.69) is 0 Å². The van der Waals surface area contributed by atoms with E-state index in [1.807, 2.05) is 6.07 Å². The molecule has 0 unspecified atom stereocenters. The first-order valence-electron chi connectivity index (χ1n) is 6.43. The third kappa shape index (κ3) is 3.32. The Balaban J connectivity index is 1.92. The molecule has 1 fully saturated rings. The molecule has 1 aromatic rings. The number of carbonyl (C=O) groups is 2. The van der Waals surface area contributed by atoms with Crippen molar-refractivity contribution in [2.45, 2.75) is 18.9 Å². The molecule has 0 radical (unpaired) electrons. The van der Waals surface area contributed by atoms with Crippen LogP contribution in [0.25, 0.3) is 0 Å². The second kappa shape index (κ2) is 6.33. The Labute approximate surface area is 112 Å². The molecule has 0 aromatic heterocycles. The summed E-state index contributed by atoms with van der Waals surface area (Å²) in [5, 5.41) is 0. The van der Waals surface area contributed by atoms with Gasteiger partial charge >= 0.3 is 0 Å². The molecular weight excluding hydrogens is 244 g/mol. The number of ether oxygens (including phenoxy) is 1. The summed E-state index contributed by atoms with van der Waals surface area (Å²) in [4.78, 5) is 24.1. The van der Waals surface area contributed by atoms with Gasteiger partial charge in [0, 0.05) is 25.9 Å². The van der Waals surface area contributed by atoms with Crippen LogP contribution in [0.3, 0.4) is 0 Å². The van der Waals surface area contributed by atoms with Crippen LogP contribution < -0.4 is 10.5 Å². The second-order valence-corrected chi connectivity index (χ2v) is 4.56. The van der Waals surface area contributed by atoms with E-state index >= 15 is 0 Å². The van der Waals surface area contributed by atoms with Gasteiger partial charge in [0.05, 0.1) is 12.1 Å². The van der Waals surface area contributed by atoms with E-state index in [1.165, 1.54) is 0 Å². The number of nitrogens with zero attached hydrogens (tertiary/aromatic N) is 1. The van der Waals surface area contributed by atoms with Crippen molar-refractivity contribution in [3.05, 3.63) is 29.8 Å². The van der Waals surface area contributed by atoms with Crippen molar-refractivity contribution in [1.29, 1.82) is 0 Å². The van der Waals surface area contributed by atoms with E-state index in [0.717, 1.165) is 19.1 Å². The molecule has 1 aliphatic heterocycles. The Hall–Kier alpha value is -1.88. The standard InChI is InChI=1S/C14H18N2O3/c15-9-14(18)16-7-5-12(6-8-16)19-13-4-2-1-3-11(13)10-17/h1-4,10,12H,5-9,15H2. The SMILES string of the molecule is NCC(=O)N1CCC(Oc2ccccc2C=O)CC1. The van der Waals surface area contributed by atoms with Crippen molar-refractivity contribution in [2.24, 2.45) is 5.73 Å². The first kappa shape index (κ1) is 13.5. The van der Waals surface area contributed by atoms with E-state index in [1.54, 1.807) is 23.1 Å². The van der Waals surface area contributed by atoms with E-state index in [4.69, 9.17) is 10.5 Å². The molecule has 0 aliphatic carbocycles. The Kier molecular flexibility index (Phi) is 4.52. The number of hydrogen-bond donors (Lipinski definition) is 1. The van der Waals surface area contributed by atoms with Crippen LogP contribution in [0, 0.1) is 0 Å². The highest BCUT2D eigenvalue weighted by atomic mass is 16.5. The zero-order chi connectivity index (χ0) is 13.7. The maximum absolute atomic E-state index is 11.4. The molecule has 2 rings (SSSR count). The lowest BCUT2D eigenvalue weighted by atomic mass is 10.1. The Bertz CT molecular complexity index is 454. The van der Waals surface area contributed by atoms with Crippen LogP contribution >= 0.6 is 0 Å². The average molecular weight is 262 g/mol. The number of hydrogen-bond acceptors (Lipinski definition) is 4. The predicted molar refractivity (Wildman–Crippen MR) is 71.1 cm³/mol. The highest BCUT2D eigenvalue weighted by molar-refractivity contribution is 5.79. The molecule has 1 amide bonds. The number of para-hydroxylation sites is 1. The lowest BCUT2D eigenvalue weighted by Gasteiger charge is -2.32. The number of benzene rings is 1. The average Bonchev–Trinajstić information content (AvgIpc) is 2.48. The Morgan fingerprint density at radius 3 is 2.68 bits per heavy atom. The molecule has 2 N–H and O–H groups in total. The monoisotopic (exact) mass is 262 g/mol. The molecule has 19 heavy (non-hydrogen) atoms. The fourth-order valence-electron chi connectivity index (χ4n) is 2.22. The maximum Gasteiger partial charge on any atom is 0.236 e. The van der Waals surface area contributed by atoms with E-state index < -0.39 is 0 Å². The van der Waals surface area contributed by atoms with Crippen molar-refractivity contribution in [1.82, 2.24) is 4.90 Å². The number of nitrogens with two attached hydrogens (primary N) is 1. The number of carbonyl (C=O) groups excluding carboxylic acids is 2. The summed E-state index contributed by atoms with van der Waals surface area (Å²) in [5.41, 5.74) is 5.90. The third-order valence-corrected chi connectivity index (χ3v) is 3.31. The molecule has 1 saturated heterocycles. The van der Waals surface area contributed by atoms with Gasteiger partial charge in [0.15, 0.2) is 6.29 Å². The largest absolute Gasteiger partial charge is 0.490 e. The van der Waals surface area contributed by atoms with Crippen molar-refractivity contribution >= 4 is 12.2 Å². The quantitative estimate of drug-likeness (QED) is 0.816. The van der Waals surface area contributed by atoms with Crippen LogP contribution in [0.4, 0.5) is 0 Å². The number of piperidine rings is 1. The van der Waals surface area contributed by atoms with Crippen LogP contribution in [0.15, 0.2) is 24.3 Å². The van der Waals surface area contributed by atoms with Gasteiger partial charge in [0.2, 0.25) is 5.91 Å². The van der Waals surface area contributed by atoms with Gasteiger partial charge in [-0.15, -0.1) is 0 Å². The Morgan fingerprint density at radius 2 is 2.05 bits per heavy atom. The van der Waals surface area contributed by atoms with E-state index in [-0.39, 0.29) is 18.6 Å². The molecule has 0 atom stereocenters. The topological polar surface area (TPSA) is 72.6 Å². The van der Waals surface area contributed by atoms with Crippen LogP contribution in [-0.2, 0) is 4.79 Å². The van der Waals surface area contributed by atoms with Gasteiger partial charge in [0.25, 0.3) is 0 Å². The summed E-state index contributed by atoms with van der Waals surface area (Å²) in [7, 11) is 0. The molecule has 1 aliphatic rings. The van der Waals surface area contributed by atoms with Crippen LogP contribution in [0.2, 0.25) is 0 Å². The molecular formula is C14H18N2O3. The summed E-state index contributed by atoms with van der Waals surface area (Å²) in [5.74, 6) is 0.591. The molecule has 0 spiro atoms. The van der Waals surface area contributed by atoms with Crippen molar-refractivity contribution in [3.8, 4) is 5.75 Å². The molecule has 1 aromatic carbocycles. The van der Waals surface area contributed by atoms with Crippen LogP contribution in [0.5, 0.6) is 5.75 Å². The molecule has 102 valence electrons. The highest BCUT2D eigenvalue weighted by Crippen LogP contribution is 2.21. The molecule has 0 saturated carbocycles. The fraction of sp³-hybridized carbons (Fsp3) is 0.429. The molecule has 1 heterocycles. The van der Waals surface area contributed by atoms with Crippen LogP contribution in [-0.4, -0.2) is 42.8 Å². The molecule has 5 heteroatoms. The van der Waals surface area contributed by atoms with Crippen molar-refractivity contribution < 1.29 is 14.3 Å². The van der Waals surface area contributed by atoms with Gasteiger partial charge in [0.1, 0.15) is 11.9 Å². The predicted octanol–water partition coefficient (Wildman–Crippen LogP) is 0.828. The van der Waals surface area contributed by atoms with Crippen LogP contribution in [0.1, 0.15) is 23.2 Å². The summed E-state index contributed by atoms with van der Waals surface area (Å²) >= 11 is 0. The Morgan fingerprint density at radius 1 is 1.37 bits per heavy atom. The van der Waals surface area contributed by atoms with E-state index in [0.29, 0.717) is 24.4 Å². The van der Waals surface area contributed by atoms with Gasteiger partial charge in [-0.2, -0.15) is 0 Å². The summed E-state index contributed by atoms with van der Waals surface area (Å²) in [6, 6.07) is 7.17. The smallest absolute Gasteiger partial charge is 0.236 e. The summed E-state index contributed by atoms with van der Waals surface area (Å²) in [6.07, 6.45) is 2.36. The van der Waals surface area contributed by atoms with Gasteiger partial charge in [-0.25, -0.2) is 0 Å². The number of rotatable bonds is 4. The van der Waals surface area contributed by atoms with Gasteiger partial charge in [-0.05, 0) is 12.1 Å². The minimum absolute atomic E-state index is 0.0215. The summed E-state index contributed by atoms with van der Waals surface area (Å²) in [6.45, 7) is 1.37. The third-order valence-electron chi connectivity index (χ3n) is 3.31. The zero-order valence-corrected chi connectivity index (χ0v) is 10.7. The second-order valence-electron chi connectivity index (χ2n) is 4.56. The maximum atomic E-state index is 11.4. The minimum atomic E-state index is -0.0215. The lowest BCUT2D eigenvalue weighted by molar-refractivity contribution is -0.131. The minimum Gasteiger partial charge on any atom is -0.490 e. The fourth-order valence-corrected chi connectivity index (χ4v) is 2.22. The van der Waals surface area contributed by atoms with Gasteiger partial charge in [-0.3, -0.25) is 9.59 Å². The van der Waals surface area contributed by atoms with Gasteiger partial charge in [-0.1, -0.05) is 12.1 Å². The highest BCUT2D eigenvalue weighted by Gasteiger charge is 2.23. The zero-order valence-electron chi connectivity index (χ0n) is 10.7. The number of amides is 1. The normalized spacial score (nSPS) is 16.2. The first-order chi connectivity index (χ1) is 9.24. The van der Waals surface area contributed by atoms with Gasteiger partial charge < -0.3 is 15.4 Å². The van der Waals surface area contributed by atoms with E-state index in [9.17, 15) is 9.59 Å². The molecule has 5 nitrogen and oxygen atoms in total. The van der Waals surface area contributed by atoms with Crippen molar-refractivity contribution in [3.63, 3.8) is 0 Å². The first-order valence-corrected chi connectivity index (χ1v) is 6.43. The summed E-state index contributed by atoms with van der Waals surface area (Å²) < 4.78 is 5.84. The number of likely N-dealkylation sites (tertiary alicyclic amines) is 1. The molecule has 0 bridgehead atoms. The number of aldehydes is 1.